The number of fused-ring (bicyclic) bond motifs is 1. The lowest BCUT2D eigenvalue weighted by molar-refractivity contribution is -0.383. The van der Waals surface area contributed by atoms with E-state index in [4.69, 9.17) is 0 Å². The standard InChI is InChI=1S/C15H10BrFN2O2/c16-15-10(3-1-4-12(15)17)9-18-8-7-11-13(18)5-2-6-14(11)19(20)21/h1-8H,9H2. The number of nitrogens with zero attached hydrogens (tertiary/aromatic N) is 2. The van der Waals surface area contributed by atoms with Crippen molar-refractivity contribution in [1.29, 1.82) is 0 Å². The van der Waals surface area contributed by atoms with Gasteiger partial charge in [0.15, 0.2) is 0 Å². The number of halogens is 2. The molecule has 0 radical (unpaired) electrons. The van der Waals surface area contributed by atoms with Crippen molar-refractivity contribution >= 4 is 32.5 Å². The quantitative estimate of drug-likeness (QED) is 0.516. The molecule has 1 heterocycles. The molecule has 0 saturated heterocycles. The Labute approximate surface area is 128 Å². The van der Waals surface area contributed by atoms with Gasteiger partial charge in [0.25, 0.3) is 5.69 Å². The van der Waals surface area contributed by atoms with Crippen LogP contribution in [0.15, 0.2) is 53.1 Å². The van der Waals surface area contributed by atoms with E-state index in [2.05, 4.69) is 15.9 Å². The lowest BCUT2D eigenvalue weighted by Gasteiger charge is -2.08. The van der Waals surface area contributed by atoms with E-state index in [-0.39, 0.29) is 11.5 Å². The van der Waals surface area contributed by atoms with Gasteiger partial charge in [-0.15, -0.1) is 0 Å². The van der Waals surface area contributed by atoms with E-state index in [1.807, 2.05) is 16.7 Å². The summed E-state index contributed by atoms with van der Waals surface area (Å²) in [5.74, 6) is -0.324. The van der Waals surface area contributed by atoms with Crippen LogP contribution >= 0.6 is 15.9 Å². The fourth-order valence-corrected chi connectivity index (χ4v) is 2.75. The molecule has 0 aliphatic carbocycles. The Hall–Kier alpha value is -2.21. The first-order valence-corrected chi connectivity index (χ1v) is 7.02. The summed E-state index contributed by atoms with van der Waals surface area (Å²) in [7, 11) is 0. The van der Waals surface area contributed by atoms with Gasteiger partial charge in [-0.25, -0.2) is 4.39 Å². The highest BCUT2D eigenvalue weighted by Crippen LogP contribution is 2.28. The fraction of sp³-hybridized carbons (Fsp3) is 0.0667. The molecule has 0 spiro atoms. The second-order valence-corrected chi connectivity index (χ2v) is 5.42. The normalized spacial score (nSPS) is 11.0. The molecule has 6 heteroatoms. The van der Waals surface area contributed by atoms with Crippen molar-refractivity contribution in [3.05, 3.63) is 74.6 Å². The number of hydrogen-bond acceptors (Lipinski definition) is 2. The van der Waals surface area contributed by atoms with Crippen molar-refractivity contribution in [2.24, 2.45) is 0 Å². The maximum atomic E-state index is 13.5. The van der Waals surface area contributed by atoms with Crippen LogP contribution in [-0.2, 0) is 6.54 Å². The van der Waals surface area contributed by atoms with E-state index in [1.54, 1.807) is 24.4 Å². The van der Waals surface area contributed by atoms with Gasteiger partial charge in [-0.05, 0) is 39.7 Å². The van der Waals surface area contributed by atoms with Crippen molar-refractivity contribution in [1.82, 2.24) is 4.57 Å². The Morgan fingerprint density at radius 3 is 2.71 bits per heavy atom. The zero-order valence-corrected chi connectivity index (χ0v) is 12.4. The van der Waals surface area contributed by atoms with Crippen LogP contribution in [0.4, 0.5) is 10.1 Å². The molecule has 0 unspecified atom stereocenters. The number of rotatable bonds is 3. The van der Waals surface area contributed by atoms with Crippen molar-refractivity contribution in [3.8, 4) is 0 Å². The zero-order valence-electron chi connectivity index (χ0n) is 10.8. The molecule has 21 heavy (non-hydrogen) atoms. The summed E-state index contributed by atoms with van der Waals surface area (Å²) in [6.07, 6.45) is 1.77. The Morgan fingerprint density at radius 1 is 1.19 bits per heavy atom. The Morgan fingerprint density at radius 2 is 1.95 bits per heavy atom. The molecule has 4 nitrogen and oxygen atoms in total. The second-order valence-electron chi connectivity index (χ2n) is 4.62. The molecule has 0 N–H and O–H groups in total. The molecule has 0 fully saturated rings. The molecule has 0 atom stereocenters. The smallest absolute Gasteiger partial charge is 0.278 e. The van der Waals surface area contributed by atoms with E-state index in [0.717, 1.165) is 11.1 Å². The van der Waals surface area contributed by atoms with Gasteiger partial charge in [0.05, 0.1) is 20.3 Å². The third-order valence-corrected chi connectivity index (χ3v) is 4.25. The number of hydrogen-bond donors (Lipinski definition) is 0. The number of benzene rings is 2. The minimum atomic E-state index is -0.398. The summed E-state index contributed by atoms with van der Waals surface area (Å²) in [5, 5.41) is 11.6. The van der Waals surface area contributed by atoms with Crippen LogP contribution < -0.4 is 0 Å². The van der Waals surface area contributed by atoms with E-state index in [0.29, 0.717) is 16.4 Å². The number of non-ortho nitro benzene ring substituents is 1. The molecule has 1 aromatic heterocycles. The van der Waals surface area contributed by atoms with Crippen LogP contribution in [0.25, 0.3) is 10.9 Å². The summed E-state index contributed by atoms with van der Waals surface area (Å²) in [6, 6.07) is 11.5. The van der Waals surface area contributed by atoms with Crippen LogP contribution in [0, 0.1) is 15.9 Å². The van der Waals surface area contributed by atoms with Crippen LogP contribution in [0.3, 0.4) is 0 Å². The SMILES string of the molecule is O=[N+]([O-])c1cccc2c1ccn2Cc1cccc(F)c1Br. The highest BCUT2D eigenvalue weighted by atomic mass is 79.9. The second kappa shape index (κ2) is 5.29. The molecule has 3 aromatic rings. The van der Waals surface area contributed by atoms with Crippen LogP contribution in [-0.4, -0.2) is 9.49 Å². The molecule has 0 aliphatic rings. The van der Waals surface area contributed by atoms with Gasteiger partial charge in [-0.2, -0.15) is 0 Å². The molecule has 2 aromatic carbocycles. The number of aromatic nitrogens is 1. The predicted molar refractivity (Wildman–Crippen MR) is 81.8 cm³/mol. The summed E-state index contributed by atoms with van der Waals surface area (Å²) in [6.45, 7) is 0.434. The summed E-state index contributed by atoms with van der Waals surface area (Å²) in [5.41, 5.74) is 1.60. The maximum absolute atomic E-state index is 13.5. The summed E-state index contributed by atoms with van der Waals surface area (Å²) < 4.78 is 15.8. The van der Waals surface area contributed by atoms with E-state index < -0.39 is 4.92 Å². The minimum Gasteiger partial charge on any atom is -0.343 e. The lowest BCUT2D eigenvalue weighted by Crippen LogP contribution is -2.00. The Bertz CT molecular complexity index is 845. The minimum absolute atomic E-state index is 0.0737. The monoisotopic (exact) mass is 348 g/mol. The third-order valence-electron chi connectivity index (χ3n) is 3.36. The van der Waals surface area contributed by atoms with Crippen LogP contribution in [0.1, 0.15) is 5.56 Å². The fourth-order valence-electron chi connectivity index (χ4n) is 2.36. The first kappa shape index (κ1) is 13.8. The third kappa shape index (κ3) is 2.42. The zero-order chi connectivity index (χ0) is 15.0. The Kier molecular flexibility index (Phi) is 3.47. The molecule has 3 rings (SSSR count). The van der Waals surface area contributed by atoms with E-state index in [9.17, 15) is 14.5 Å². The first-order chi connectivity index (χ1) is 10.1. The number of nitro groups is 1. The molecular weight excluding hydrogens is 339 g/mol. The summed E-state index contributed by atoms with van der Waals surface area (Å²) >= 11 is 3.23. The van der Waals surface area contributed by atoms with Gasteiger partial charge < -0.3 is 4.57 Å². The molecule has 106 valence electrons. The first-order valence-electron chi connectivity index (χ1n) is 6.23. The van der Waals surface area contributed by atoms with Crippen molar-refractivity contribution in [2.45, 2.75) is 6.54 Å². The average molecular weight is 349 g/mol. The van der Waals surface area contributed by atoms with Gasteiger partial charge in [0, 0.05) is 18.8 Å². The predicted octanol–water partition coefficient (Wildman–Crippen LogP) is 4.50. The van der Waals surface area contributed by atoms with E-state index in [1.165, 1.54) is 12.1 Å². The topological polar surface area (TPSA) is 48.1 Å². The molecule has 0 amide bonds. The van der Waals surface area contributed by atoms with Crippen molar-refractivity contribution < 1.29 is 9.31 Å². The average Bonchev–Trinajstić information content (AvgIpc) is 2.87. The Balaban J connectivity index is 2.08. The molecule has 0 aliphatic heterocycles. The largest absolute Gasteiger partial charge is 0.343 e. The summed E-state index contributed by atoms with van der Waals surface area (Å²) in [4.78, 5) is 10.6. The van der Waals surface area contributed by atoms with Gasteiger partial charge in [0.1, 0.15) is 5.82 Å². The van der Waals surface area contributed by atoms with Crippen LogP contribution in [0.5, 0.6) is 0 Å². The van der Waals surface area contributed by atoms with Crippen molar-refractivity contribution in [3.63, 3.8) is 0 Å². The van der Waals surface area contributed by atoms with Crippen LogP contribution in [0.2, 0.25) is 0 Å². The van der Waals surface area contributed by atoms with Gasteiger partial charge >= 0.3 is 0 Å². The van der Waals surface area contributed by atoms with Crippen molar-refractivity contribution in [2.75, 3.05) is 0 Å². The highest BCUT2D eigenvalue weighted by molar-refractivity contribution is 9.10. The molecule has 0 saturated carbocycles. The number of nitro benzene ring substituents is 1. The van der Waals surface area contributed by atoms with Gasteiger partial charge in [-0.3, -0.25) is 10.1 Å². The molecule has 0 bridgehead atoms. The van der Waals surface area contributed by atoms with E-state index >= 15 is 0 Å². The van der Waals surface area contributed by atoms with Gasteiger partial charge in [-0.1, -0.05) is 18.2 Å². The van der Waals surface area contributed by atoms with Gasteiger partial charge in [0.2, 0.25) is 0 Å². The maximum Gasteiger partial charge on any atom is 0.278 e. The lowest BCUT2D eigenvalue weighted by atomic mass is 10.2. The molecular formula is C15H10BrFN2O2. The highest BCUT2D eigenvalue weighted by Gasteiger charge is 2.14.